The molecule has 2 aromatic rings. The summed E-state index contributed by atoms with van der Waals surface area (Å²) in [6.45, 7) is 0.971. The highest BCUT2D eigenvalue weighted by molar-refractivity contribution is 6.22. The molecule has 0 aliphatic heterocycles. The van der Waals surface area contributed by atoms with E-state index in [1.54, 1.807) is 0 Å². The molecule has 0 heterocycles. The molecule has 0 bridgehead atoms. The Morgan fingerprint density at radius 3 is 2.38 bits per heavy atom. The quantitative estimate of drug-likeness (QED) is 0.276. The van der Waals surface area contributed by atoms with Crippen molar-refractivity contribution in [2.24, 2.45) is 23.5 Å². The van der Waals surface area contributed by atoms with E-state index in [9.17, 15) is 48.0 Å². The van der Waals surface area contributed by atoms with Gasteiger partial charge >= 0.3 is 6.18 Å². The Morgan fingerprint density at radius 1 is 1.07 bits per heavy atom. The fourth-order valence-electron chi connectivity index (χ4n) is 7.31. The van der Waals surface area contributed by atoms with Gasteiger partial charge in [0.25, 0.3) is 5.91 Å². The molecule has 3 atom stereocenters. The van der Waals surface area contributed by atoms with Crippen LogP contribution in [-0.2, 0) is 39.9 Å². The van der Waals surface area contributed by atoms with Gasteiger partial charge in [0.1, 0.15) is 22.8 Å². The van der Waals surface area contributed by atoms with Crippen LogP contribution in [0.3, 0.4) is 0 Å². The minimum Gasteiger partial charge on any atom is -0.508 e. The van der Waals surface area contributed by atoms with Crippen molar-refractivity contribution in [1.82, 2.24) is 4.90 Å². The highest BCUT2D eigenvalue weighted by atomic mass is 19.4. The lowest BCUT2D eigenvalue weighted by Crippen LogP contribution is -2.58. The molecule has 12 heteroatoms. The Morgan fingerprint density at radius 2 is 1.76 bits per heavy atom. The summed E-state index contributed by atoms with van der Waals surface area (Å²) in [6.07, 6.45) is -3.52. The van der Waals surface area contributed by atoms with Crippen molar-refractivity contribution in [1.29, 1.82) is 0 Å². The number of amides is 1. The number of carbonyl (C=O) groups is 3. The number of nitrogens with two attached hydrogens (primary N) is 1. The van der Waals surface area contributed by atoms with E-state index in [-0.39, 0.29) is 24.1 Å². The smallest absolute Gasteiger partial charge is 0.417 e. The van der Waals surface area contributed by atoms with Gasteiger partial charge in [-0.1, -0.05) is 30.3 Å². The van der Waals surface area contributed by atoms with Crippen LogP contribution < -0.4 is 5.73 Å². The number of fused-ring (bicyclic) bond motifs is 3. The van der Waals surface area contributed by atoms with Crippen LogP contribution in [0.4, 0.5) is 13.2 Å². The van der Waals surface area contributed by atoms with Crippen LogP contribution >= 0.6 is 0 Å². The second-order valence-electron chi connectivity index (χ2n) is 12.6. The molecule has 0 spiro atoms. The van der Waals surface area contributed by atoms with E-state index in [1.807, 2.05) is 35.2 Å². The van der Waals surface area contributed by atoms with Crippen LogP contribution in [-0.4, -0.2) is 61.5 Å². The number of ketones is 2. The van der Waals surface area contributed by atoms with Gasteiger partial charge in [-0.05, 0) is 66.7 Å². The zero-order valence-corrected chi connectivity index (χ0v) is 24.2. The molecule has 0 saturated heterocycles. The number of hydrogen-bond donors (Lipinski definition) is 5. The predicted octanol–water partition coefficient (Wildman–Crippen LogP) is 3.90. The maximum atomic E-state index is 14.9. The number of phenolic OH excluding ortho intramolecular Hbond substituents is 1. The lowest BCUT2D eigenvalue weighted by Gasteiger charge is -2.46. The van der Waals surface area contributed by atoms with Crippen LogP contribution in [0.25, 0.3) is 5.76 Å². The molecule has 4 aliphatic rings. The number of alkyl halides is 3. The van der Waals surface area contributed by atoms with Crippen molar-refractivity contribution in [3.63, 3.8) is 0 Å². The normalized spacial score (nSPS) is 24.9. The molecule has 238 valence electrons. The minimum atomic E-state index is -4.88. The van der Waals surface area contributed by atoms with Gasteiger partial charge in [0.15, 0.2) is 11.4 Å². The van der Waals surface area contributed by atoms with E-state index < -0.39 is 93.5 Å². The molecule has 2 saturated carbocycles. The number of Topliss-reactive ketones (excluding diaryl/α,β-unsaturated/α-hetero) is 2. The van der Waals surface area contributed by atoms with Gasteiger partial charge in [-0.3, -0.25) is 19.3 Å². The summed E-state index contributed by atoms with van der Waals surface area (Å²) >= 11 is 0. The molecular formula is C33H33F3N2O7. The van der Waals surface area contributed by atoms with E-state index in [4.69, 9.17) is 5.73 Å². The maximum Gasteiger partial charge on any atom is 0.417 e. The molecule has 1 amide bonds. The summed E-state index contributed by atoms with van der Waals surface area (Å²) < 4.78 is 44.7. The first-order valence-electron chi connectivity index (χ1n) is 14.9. The van der Waals surface area contributed by atoms with E-state index in [1.165, 1.54) is 0 Å². The van der Waals surface area contributed by atoms with Gasteiger partial charge in [-0.2, -0.15) is 13.2 Å². The third kappa shape index (κ3) is 5.29. The highest BCUT2D eigenvalue weighted by Crippen LogP contribution is 2.54. The average Bonchev–Trinajstić information content (AvgIpc) is 3.77. The Bertz CT molecular complexity index is 1660. The molecule has 2 aromatic carbocycles. The number of aliphatic hydroxyl groups is 3. The molecule has 0 radical (unpaired) electrons. The second kappa shape index (κ2) is 11.0. The summed E-state index contributed by atoms with van der Waals surface area (Å²) in [5.41, 5.74) is -0.103. The first kappa shape index (κ1) is 30.8. The Balaban J connectivity index is 1.42. The van der Waals surface area contributed by atoms with Gasteiger partial charge in [-0.25, -0.2) is 0 Å². The van der Waals surface area contributed by atoms with Crippen LogP contribution in [0, 0.1) is 17.8 Å². The summed E-state index contributed by atoms with van der Waals surface area (Å²) in [5, 5.41) is 44.4. The standard InChI is InChI=1S/C33H33F3N2O7/c34-33(35,36)27-19(15-38(14-17-6-7-17)9-8-16-4-2-1-3-5-16)12-22(39)25-21(27)11-18-10-20-13-23(40)26(31(37)44)30(43)32(20,45)29(42)24(18)28(25)41/h1-5,12,17-18,20,39,41,43,45H,6-11,13-15H2,(H2,37,44)/t18?,20-,32-/m0/s1. The zero-order valence-electron chi connectivity index (χ0n) is 24.2. The number of halogens is 3. The monoisotopic (exact) mass is 626 g/mol. The number of nitrogens with zero attached hydrogens (tertiary/aromatic N) is 1. The molecule has 6 N–H and O–H groups in total. The van der Waals surface area contributed by atoms with Crippen molar-refractivity contribution in [2.45, 2.75) is 56.8 Å². The first-order valence-corrected chi connectivity index (χ1v) is 14.9. The molecule has 4 aliphatic carbocycles. The number of rotatable bonds is 8. The van der Waals surface area contributed by atoms with E-state index >= 15 is 0 Å². The predicted molar refractivity (Wildman–Crippen MR) is 155 cm³/mol. The van der Waals surface area contributed by atoms with Crippen LogP contribution in [0.15, 0.2) is 53.3 Å². The van der Waals surface area contributed by atoms with Gasteiger partial charge < -0.3 is 26.2 Å². The first-order chi connectivity index (χ1) is 21.2. The Labute approximate surface area is 256 Å². The van der Waals surface area contributed by atoms with Crippen molar-refractivity contribution in [3.05, 3.63) is 81.1 Å². The number of aromatic hydroxyl groups is 1. The number of primary amides is 1. The average molecular weight is 627 g/mol. The van der Waals surface area contributed by atoms with Crippen molar-refractivity contribution in [3.8, 4) is 5.75 Å². The fourth-order valence-corrected chi connectivity index (χ4v) is 7.31. The zero-order chi connectivity index (χ0) is 32.4. The molecule has 45 heavy (non-hydrogen) atoms. The molecule has 2 fully saturated rings. The van der Waals surface area contributed by atoms with Crippen LogP contribution in [0.5, 0.6) is 5.75 Å². The summed E-state index contributed by atoms with van der Waals surface area (Å²) in [6, 6.07) is 10.5. The highest BCUT2D eigenvalue weighted by Gasteiger charge is 2.60. The number of hydrogen-bond acceptors (Lipinski definition) is 8. The molecule has 6 rings (SSSR count). The fraction of sp³-hybridized carbons (Fsp3) is 0.424. The maximum absolute atomic E-state index is 14.9. The van der Waals surface area contributed by atoms with Crippen LogP contribution in [0.1, 0.15) is 53.5 Å². The number of benzene rings is 2. The second-order valence-corrected chi connectivity index (χ2v) is 12.6. The Hall–Kier alpha value is -4.16. The largest absolute Gasteiger partial charge is 0.508 e. The third-order valence-electron chi connectivity index (χ3n) is 9.60. The summed E-state index contributed by atoms with van der Waals surface area (Å²) in [4.78, 5) is 40.0. The van der Waals surface area contributed by atoms with E-state index in [0.717, 1.165) is 24.5 Å². The van der Waals surface area contributed by atoms with Gasteiger partial charge in [0.2, 0.25) is 5.78 Å². The number of phenols is 1. The molecule has 9 nitrogen and oxygen atoms in total. The number of carbonyl (C=O) groups excluding carboxylic acids is 3. The SMILES string of the molecule is NC(=O)C1=C(O)[C@@]2(O)C(=O)C3=C(O)c4c(O)cc(CN(CCc5ccccc5)CC5CC5)c(C(F)(F)F)c4CC3C[C@H]2CC1=O. The number of aliphatic hydroxyl groups excluding tert-OH is 2. The topological polar surface area (TPSA) is 161 Å². The summed E-state index contributed by atoms with van der Waals surface area (Å²) in [7, 11) is 0. The van der Waals surface area contributed by atoms with Crippen molar-refractivity contribution in [2.75, 3.05) is 13.1 Å². The lowest BCUT2D eigenvalue weighted by molar-refractivity contribution is -0.147. The van der Waals surface area contributed by atoms with Gasteiger partial charge in [0.05, 0.1) is 11.1 Å². The molecular weight excluding hydrogens is 593 g/mol. The van der Waals surface area contributed by atoms with E-state index in [0.29, 0.717) is 25.4 Å². The minimum absolute atomic E-state index is 0.106. The van der Waals surface area contributed by atoms with Crippen LogP contribution in [0.2, 0.25) is 0 Å². The van der Waals surface area contributed by atoms with Gasteiger partial charge in [0, 0.05) is 37.5 Å². The third-order valence-corrected chi connectivity index (χ3v) is 9.60. The molecule has 0 aromatic heterocycles. The van der Waals surface area contributed by atoms with Crippen molar-refractivity contribution < 1.29 is 48.0 Å². The lowest BCUT2D eigenvalue weighted by atomic mass is 9.59. The van der Waals surface area contributed by atoms with Gasteiger partial charge in [-0.15, -0.1) is 0 Å². The van der Waals surface area contributed by atoms with E-state index in [2.05, 4.69) is 0 Å². The Kier molecular flexibility index (Phi) is 7.56. The summed E-state index contributed by atoms with van der Waals surface area (Å²) in [5.74, 6) is -8.34. The molecule has 1 unspecified atom stereocenters. The van der Waals surface area contributed by atoms with Crippen molar-refractivity contribution >= 4 is 23.2 Å².